The third-order valence-corrected chi connectivity index (χ3v) is 4.14. The Hall–Kier alpha value is -3.42. The predicted octanol–water partition coefficient (Wildman–Crippen LogP) is 3.36. The number of carbonyl (C=O) groups is 1. The lowest BCUT2D eigenvalue weighted by Crippen LogP contribution is -2.33. The Bertz CT molecular complexity index is 832. The predicted molar refractivity (Wildman–Crippen MR) is 109 cm³/mol. The molecule has 0 spiro atoms. The van der Waals surface area contributed by atoms with Crippen LogP contribution >= 0.6 is 0 Å². The van der Waals surface area contributed by atoms with Crippen LogP contribution in [0, 0.1) is 10.1 Å². The molecule has 2 rings (SSSR count). The van der Waals surface area contributed by atoms with Crippen molar-refractivity contribution in [1.29, 1.82) is 0 Å². The van der Waals surface area contributed by atoms with Crippen molar-refractivity contribution in [2.24, 2.45) is 5.10 Å². The highest BCUT2D eigenvalue weighted by atomic mass is 16.6. The number of hydrogen-bond acceptors (Lipinski definition) is 6. The maximum absolute atomic E-state index is 12.1. The molecule has 1 N–H and O–H groups in total. The van der Waals surface area contributed by atoms with Crippen molar-refractivity contribution in [2.45, 2.75) is 26.9 Å². The van der Waals surface area contributed by atoms with Crippen molar-refractivity contribution in [3.63, 3.8) is 0 Å². The smallest absolute Gasteiger partial charge is 0.310 e. The molecular weight excluding hydrogens is 360 g/mol. The molecule has 148 valence electrons. The van der Waals surface area contributed by atoms with Crippen LogP contribution in [0.2, 0.25) is 0 Å². The molecule has 8 heteroatoms. The van der Waals surface area contributed by atoms with E-state index >= 15 is 0 Å². The molecule has 1 atom stereocenters. The normalized spacial score (nSPS) is 11.8. The summed E-state index contributed by atoms with van der Waals surface area (Å²) in [6.07, 6.45) is 0.588. The summed E-state index contributed by atoms with van der Waals surface area (Å²) >= 11 is 0. The minimum absolute atomic E-state index is 0.0334. The van der Waals surface area contributed by atoms with E-state index in [9.17, 15) is 14.9 Å². The molecule has 0 aromatic heterocycles. The molecule has 2 aromatic carbocycles. The summed E-state index contributed by atoms with van der Waals surface area (Å²) in [5.41, 5.74) is 4.15. The number of nitro benzene ring substituents is 1. The third kappa shape index (κ3) is 5.54. The number of rotatable bonds is 9. The second-order valence-electron chi connectivity index (χ2n) is 5.98. The minimum atomic E-state index is -0.941. The van der Waals surface area contributed by atoms with Crippen LogP contribution in [0.3, 0.4) is 0 Å². The Balaban J connectivity index is 1.93. The Morgan fingerprint density at radius 1 is 1.21 bits per heavy atom. The number of hydrogen-bond donors (Lipinski definition) is 1. The topological polar surface area (TPSA) is 97.1 Å². The van der Waals surface area contributed by atoms with E-state index in [1.165, 1.54) is 31.3 Å². The summed E-state index contributed by atoms with van der Waals surface area (Å²) in [5, 5.41) is 14.9. The van der Waals surface area contributed by atoms with Crippen molar-refractivity contribution in [2.75, 3.05) is 18.0 Å². The van der Waals surface area contributed by atoms with Gasteiger partial charge in [0.25, 0.3) is 5.91 Å². The van der Waals surface area contributed by atoms with E-state index in [-0.39, 0.29) is 11.4 Å². The molecule has 8 nitrogen and oxygen atoms in total. The number of nitrogens with zero attached hydrogens (tertiary/aromatic N) is 3. The van der Waals surface area contributed by atoms with Crippen LogP contribution in [0.15, 0.2) is 53.6 Å². The number of anilines is 1. The van der Waals surface area contributed by atoms with E-state index in [2.05, 4.69) is 29.3 Å². The van der Waals surface area contributed by atoms with Crippen LogP contribution in [0.5, 0.6) is 5.75 Å². The maximum atomic E-state index is 12.1. The van der Waals surface area contributed by atoms with Gasteiger partial charge in [0.05, 0.1) is 11.1 Å². The standard InChI is InChI=1S/C20H24N4O4/c1-4-23(5-2)17-12-10-16(11-13-17)14-21-22-20(25)15(3)28-19-9-7-6-8-18(19)24(26)27/h6-15H,4-5H2,1-3H3,(H,22,25)/b21-14-/t15-/m1/s1. The van der Waals surface area contributed by atoms with Crippen molar-refractivity contribution < 1.29 is 14.5 Å². The van der Waals surface area contributed by atoms with Crippen molar-refractivity contribution >= 4 is 23.5 Å². The van der Waals surface area contributed by atoms with Crippen LogP contribution in [-0.2, 0) is 4.79 Å². The summed E-state index contributed by atoms with van der Waals surface area (Å²) < 4.78 is 5.40. The number of benzene rings is 2. The molecule has 1 amide bonds. The molecule has 0 radical (unpaired) electrons. The summed E-state index contributed by atoms with van der Waals surface area (Å²) in [4.78, 5) is 24.8. The monoisotopic (exact) mass is 384 g/mol. The fourth-order valence-corrected chi connectivity index (χ4v) is 2.57. The SMILES string of the molecule is CCN(CC)c1ccc(/C=N\NC(=O)[C@@H](C)Oc2ccccc2[N+](=O)[O-])cc1. The van der Waals surface area contributed by atoms with Crippen LogP contribution in [0.1, 0.15) is 26.3 Å². The van der Waals surface area contributed by atoms with Gasteiger partial charge < -0.3 is 9.64 Å². The lowest BCUT2D eigenvalue weighted by Gasteiger charge is -2.20. The quantitative estimate of drug-likeness (QED) is 0.406. The van der Waals surface area contributed by atoms with Crippen molar-refractivity contribution in [3.05, 3.63) is 64.2 Å². The number of ether oxygens (including phenoxy) is 1. The average Bonchev–Trinajstić information content (AvgIpc) is 2.70. The van der Waals surface area contributed by atoms with E-state index in [0.29, 0.717) is 0 Å². The van der Waals surface area contributed by atoms with Crippen LogP contribution in [0.4, 0.5) is 11.4 Å². The van der Waals surface area contributed by atoms with Gasteiger partial charge in [-0.15, -0.1) is 0 Å². The van der Waals surface area contributed by atoms with Crippen molar-refractivity contribution in [3.8, 4) is 5.75 Å². The first-order valence-corrected chi connectivity index (χ1v) is 9.04. The van der Waals surface area contributed by atoms with Gasteiger partial charge >= 0.3 is 5.69 Å². The summed E-state index contributed by atoms with van der Waals surface area (Å²) in [6.45, 7) is 7.55. The van der Waals surface area contributed by atoms with E-state index in [1.54, 1.807) is 6.07 Å². The second-order valence-corrected chi connectivity index (χ2v) is 5.98. The summed E-state index contributed by atoms with van der Waals surface area (Å²) in [7, 11) is 0. The molecule has 2 aromatic rings. The van der Waals surface area contributed by atoms with E-state index < -0.39 is 16.9 Å². The molecule has 0 saturated carbocycles. The van der Waals surface area contributed by atoms with Gasteiger partial charge in [-0.2, -0.15) is 5.10 Å². The van der Waals surface area contributed by atoms with Gasteiger partial charge in [0.15, 0.2) is 11.9 Å². The molecule has 0 fully saturated rings. The number of carbonyl (C=O) groups excluding carboxylic acids is 1. The molecule has 0 unspecified atom stereocenters. The first kappa shape index (κ1) is 20.9. The van der Waals surface area contributed by atoms with Gasteiger partial charge in [0.2, 0.25) is 0 Å². The Kier molecular flexibility index (Phi) is 7.50. The van der Waals surface area contributed by atoms with Gasteiger partial charge in [0.1, 0.15) is 0 Å². The number of para-hydroxylation sites is 2. The largest absolute Gasteiger partial charge is 0.474 e. The van der Waals surface area contributed by atoms with Crippen LogP contribution in [0.25, 0.3) is 0 Å². The molecule has 0 aliphatic rings. The molecule has 28 heavy (non-hydrogen) atoms. The Morgan fingerprint density at radius 2 is 1.86 bits per heavy atom. The Morgan fingerprint density at radius 3 is 2.46 bits per heavy atom. The third-order valence-electron chi connectivity index (χ3n) is 4.14. The minimum Gasteiger partial charge on any atom is -0.474 e. The highest BCUT2D eigenvalue weighted by Crippen LogP contribution is 2.26. The molecular formula is C20H24N4O4. The lowest BCUT2D eigenvalue weighted by atomic mass is 10.2. The first-order chi connectivity index (χ1) is 13.5. The summed E-state index contributed by atoms with van der Waals surface area (Å²) in [6, 6.07) is 13.7. The molecule has 0 aliphatic carbocycles. The van der Waals surface area contributed by atoms with E-state index in [4.69, 9.17) is 4.74 Å². The second kappa shape index (κ2) is 10.1. The molecule has 0 heterocycles. The fourth-order valence-electron chi connectivity index (χ4n) is 2.57. The molecule has 0 saturated heterocycles. The lowest BCUT2D eigenvalue weighted by molar-refractivity contribution is -0.386. The number of nitrogens with one attached hydrogen (secondary N) is 1. The van der Waals surface area contributed by atoms with Crippen molar-refractivity contribution in [1.82, 2.24) is 5.43 Å². The Labute approximate surface area is 164 Å². The maximum Gasteiger partial charge on any atom is 0.310 e. The van der Waals surface area contributed by atoms with Crippen LogP contribution < -0.4 is 15.1 Å². The highest BCUT2D eigenvalue weighted by molar-refractivity contribution is 5.84. The highest BCUT2D eigenvalue weighted by Gasteiger charge is 2.20. The zero-order chi connectivity index (χ0) is 20.5. The van der Waals surface area contributed by atoms with E-state index in [1.807, 2.05) is 24.3 Å². The number of amides is 1. The first-order valence-electron chi connectivity index (χ1n) is 9.04. The average molecular weight is 384 g/mol. The number of hydrazone groups is 1. The fraction of sp³-hybridized carbons (Fsp3) is 0.300. The van der Waals surface area contributed by atoms with Gasteiger partial charge in [-0.1, -0.05) is 24.3 Å². The van der Waals surface area contributed by atoms with Gasteiger partial charge in [0, 0.05) is 24.8 Å². The molecule has 0 bridgehead atoms. The van der Waals surface area contributed by atoms with Gasteiger partial charge in [-0.25, -0.2) is 5.43 Å². The van der Waals surface area contributed by atoms with Crippen LogP contribution in [-0.4, -0.2) is 36.2 Å². The molecule has 0 aliphatic heterocycles. The van der Waals surface area contributed by atoms with E-state index in [0.717, 1.165) is 24.3 Å². The zero-order valence-electron chi connectivity index (χ0n) is 16.2. The zero-order valence-corrected chi connectivity index (χ0v) is 16.2. The summed E-state index contributed by atoms with van der Waals surface area (Å²) in [5.74, 6) is -0.472. The van der Waals surface area contributed by atoms with Gasteiger partial charge in [-0.3, -0.25) is 14.9 Å². The van der Waals surface area contributed by atoms with Gasteiger partial charge in [-0.05, 0) is 44.5 Å². The number of nitro groups is 1.